The Balaban J connectivity index is 1.36. The van der Waals surface area contributed by atoms with Crippen LogP contribution < -0.4 is 9.47 Å². The second-order valence-corrected chi connectivity index (χ2v) is 7.97. The molecule has 0 saturated heterocycles. The molecule has 0 saturated carbocycles. The van der Waals surface area contributed by atoms with Crippen LogP contribution in [0.1, 0.15) is 11.3 Å². The van der Waals surface area contributed by atoms with Crippen LogP contribution in [0.2, 0.25) is 5.02 Å². The van der Waals surface area contributed by atoms with Crippen LogP contribution in [0.3, 0.4) is 0 Å². The molecule has 0 aliphatic carbocycles. The first kappa shape index (κ1) is 19.8. The molecule has 6 nitrogen and oxygen atoms in total. The number of pyridine rings is 1. The second-order valence-electron chi connectivity index (χ2n) is 7.56. The Labute approximate surface area is 186 Å². The van der Waals surface area contributed by atoms with Crippen molar-refractivity contribution >= 4 is 22.6 Å². The number of fused-ring (bicyclic) bond motifs is 2. The monoisotopic (exact) mass is 434 g/mol. The molecule has 0 N–H and O–H groups in total. The largest absolute Gasteiger partial charge is 0.491 e. The normalized spacial score (nSPS) is 14.1. The fraction of sp³-hybridized carbons (Fsp3) is 0.250. The molecule has 5 rings (SSSR count). The van der Waals surface area contributed by atoms with Gasteiger partial charge in [0, 0.05) is 30.6 Å². The van der Waals surface area contributed by atoms with Gasteiger partial charge in [0.15, 0.2) is 5.65 Å². The number of rotatable bonds is 5. The molecule has 7 heteroatoms. The van der Waals surface area contributed by atoms with E-state index in [9.17, 15) is 0 Å². The van der Waals surface area contributed by atoms with Gasteiger partial charge in [0.2, 0.25) is 5.88 Å². The number of aromatic nitrogens is 3. The zero-order valence-electron chi connectivity index (χ0n) is 17.3. The number of para-hydroxylation sites is 2. The standard InChI is InChI=1S/C24H23ClN4O2/c1-17-20-15-18-16-28(11-13-30-22-10-6-5-9-21(22)25)12-14-31-24(18)26-23(20)29(27-17)19-7-3-2-4-8-19/h2-10,15H,11-14,16H2,1H3. The maximum Gasteiger partial charge on any atom is 0.220 e. The van der Waals surface area contributed by atoms with Gasteiger partial charge in [0.1, 0.15) is 19.0 Å². The summed E-state index contributed by atoms with van der Waals surface area (Å²) < 4.78 is 13.8. The summed E-state index contributed by atoms with van der Waals surface area (Å²) in [6, 6.07) is 19.8. The van der Waals surface area contributed by atoms with Crippen LogP contribution in [-0.4, -0.2) is 46.0 Å². The first-order valence-corrected chi connectivity index (χ1v) is 10.7. The van der Waals surface area contributed by atoms with Crippen LogP contribution >= 0.6 is 11.6 Å². The van der Waals surface area contributed by atoms with Gasteiger partial charge in [-0.3, -0.25) is 4.90 Å². The van der Waals surface area contributed by atoms with Gasteiger partial charge in [-0.05, 0) is 37.3 Å². The lowest BCUT2D eigenvalue weighted by molar-refractivity contribution is 0.185. The topological polar surface area (TPSA) is 52.4 Å². The zero-order valence-corrected chi connectivity index (χ0v) is 18.0. The van der Waals surface area contributed by atoms with Crippen molar-refractivity contribution in [3.05, 3.63) is 76.9 Å². The number of hydrogen-bond acceptors (Lipinski definition) is 5. The van der Waals surface area contributed by atoms with Crippen LogP contribution in [-0.2, 0) is 6.54 Å². The minimum absolute atomic E-state index is 0.555. The highest BCUT2D eigenvalue weighted by atomic mass is 35.5. The van der Waals surface area contributed by atoms with Gasteiger partial charge in [0.25, 0.3) is 0 Å². The van der Waals surface area contributed by atoms with Crippen molar-refractivity contribution in [3.8, 4) is 17.3 Å². The van der Waals surface area contributed by atoms with Crippen LogP contribution in [0.25, 0.3) is 16.7 Å². The molecule has 31 heavy (non-hydrogen) atoms. The molecule has 2 aromatic carbocycles. The molecule has 0 atom stereocenters. The number of hydrogen-bond donors (Lipinski definition) is 0. The molecule has 4 aromatic rings. The van der Waals surface area contributed by atoms with E-state index in [4.69, 9.17) is 31.2 Å². The number of nitrogens with zero attached hydrogens (tertiary/aromatic N) is 4. The van der Waals surface area contributed by atoms with Crippen molar-refractivity contribution in [2.75, 3.05) is 26.3 Å². The summed E-state index contributed by atoms with van der Waals surface area (Å²) in [5, 5.41) is 6.39. The zero-order chi connectivity index (χ0) is 21.2. The third-order valence-electron chi connectivity index (χ3n) is 5.42. The number of aryl methyl sites for hydroxylation is 1. The fourth-order valence-electron chi connectivity index (χ4n) is 3.82. The number of benzene rings is 2. The maximum atomic E-state index is 6.18. The van der Waals surface area contributed by atoms with E-state index in [-0.39, 0.29) is 0 Å². The summed E-state index contributed by atoms with van der Waals surface area (Å²) in [7, 11) is 0. The lowest BCUT2D eigenvalue weighted by atomic mass is 10.2. The molecule has 158 valence electrons. The average molecular weight is 435 g/mol. The van der Waals surface area contributed by atoms with Crippen molar-refractivity contribution in [3.63, 3.8) is 0 Å². The molecule has 2 aromatic heterocycles. The van der Waals surface area contributed by atoms with Gasteiger partial charge >= 0.3 is 0 Å². The molecule has 0 unspecified atom stereocenters. The summed E-state index contributed by atoms with van der Waals surface area (Å²) in [5.74, 6) is 1.39. The fourth-order valence-corrected chi connectivity index (χ4v) is 4.01. The summed E-state index contributed by atoms with van der Waals surface area (Å²) >= 11 is 6.18. The summed E-state index contributed by atoms with van der Waals surface area (Å²) in [5.41, 5.74) is 3.82. The number of halogens is 1. The van der Waals surface area contributed by atoms with E-state index in [0.717, 1.165) is 47.6 Å². The summed E-state index contributed by atoms with van der Waals surface area (Å²) in [4.78, 5) is 7.16. The van der Waals surface area contributed by atoms with E-state index in [1.807, 2.05) is 66.2 Å². The SMILES string of the molecule is Cc1nn(-c2ccccc2)c2nc3c(cc12)CN(CCOc1ccccc1Cl)CCO3. The molecule has 0 spiro atoms. The minimum Gasteiger partial charge on any atom is -0.491 e. The molecular weight excluding hydrogens is 412 g/mol. The Bertz CT molecular complexity index is 1210. The third kappa shape index (κ3) is 4.09. The van der Waals surface area contributed by atoms with E-state index in [1.165, 1.54) is 0 Å². The Morgan fingerprint density at radius 3 is 2.74 bits per heavy atom. The Kier molecular flexibility index (Phi) is 5.49. The molecule has 1 aliphatic heterocycles. The van der Waals surface area contributed by atoms with Gasteiger partial charge in [-0.2, -0.15) is 10.1 Å². The summed E-state index contributed by atoms with van der Waals surface area (Å²) in [6.45, 7) is 5.48. The van der Waals surface area contributed by atoms with Crippen LogP contribution in [0.4, 0.5) is 0 Å². The van der Waals surface area contributed by atoms with Crippen molar-refractivity contribution in [2.45, 2.75) is 13.5 Å². The molecule has 0 radical (unpaired) electrons. The van der Waals surface area contributed by atoms with Gasteiger partial charge in [-0.25, -0.2) is 4.68 Å². The molecule has 0 bridgehead atoms. The highest BCUT2D eigenvalue weighted by Gasteiger charge is 2.20. The molecule has 1 aliphatic rings. The predicted octanol–water partition coefficient (Wildman–Crippen LogP) is 4.66. The predicted molar refractivity (Wildman–Crippen MR) is 121 cm³/mol. The van der Waals surface area contributed by atoms with Gasteiger partial charge in [0.05, 0.1) is 16.4 Å². The van der Waals surface area contributed by atoms with E-state index in [1.54, 1.807) is 0 Å². The van der Waals surface area contributed by atoms with E-state index in [2.05, 4.69) is 11.0 Å². The van der Waals surface area contributed by atoms with E-state index >= 15 is 0 Å². The smallest absolute Gasteiger partial charge is 0.220 e. The van der Waals surface area contributed by atoms with Gasteiger partial charge in [-0.1, -0.05) is 41.9 Å². The number of ether oxygens (including phenoxy) is 2. The van der Waals surface area contributed by atoms with Crippen LogP contribution in [0.15, 0.2) is 60.7 Å². The van der Waals surface area contributed by atoms with Crippen LogP contribution in [0, 0.1) is 6.92 Å². The van der Waals surface area contributed by atoms with Crippen molar-refractivity contribution < 1.29 is 9.47 Å². The lowest BCUT2D eigenvalue weighted by Crippen LogP contribution is -2.30. The molecular formula is C24H23ClN4O2. The molecule has 3 heterocycles. The van der Waals surface area contributed by atoms with Crippen molar-refractivity contribution in [1.82, 2.24) is 19.7 Å². The maximum absolute atomic E-state index is 6.18. The van der Waals surface area contributed by atoms with Gasteiger partial charge in [-0.15, -0.1) is 0 Å². The van der Waals surface area contributed by atoms with Crippen LogP contribution in [0.5, 0.6) is 11.6 Å². The Hall–Kier alpha value is -3.09. The first-order chi connectivity index (χ1) is 15.2. The molecule has 0 fully saturated rings. The second kappa shape index (κ2) is 8.57. The quantitative estimate of drug-likeness (QED) is 0.457. The lowest BCUT2D eigenvalue weighted by Gasteiger charge is -2.19. The minimum atomic E-state index is 0.555. The Morgan fingerprint density at radius 1 is 1.10 bits per heavy atom. The van der Waals surface area contributed by atoms with Crippen molar-refractivity contribution in [1.29, 1.82) is 0 Å². The highest BCUT2D eigenvalue weighted by molar-refractivity contribution is 6.32. The first-order valence-electron chi connectivity index (χ1n) is 10.4. The summed E-state index contributed by atoms with van der Waals surface area (Å²) in [6.07, 6.45) is 0. The van der Waals surface area contributed by atoms with E-state index in [0.29, 0.717) is 29.9 Å². The van der Waals surface area contributed by atoms with E-state index < -0.39 is 0 Å². The third-order valence-corrected chi connectivity index (χ3v) is 5.74. The van der Waals surface area contributed by atoms with Crippen molar-refractivity contribution in [2.24, 2.45) is 0 Å². The van der Waals surface area contributed by atoms with Gasteiger partial charge < -0.3 is 9.47 Å². The molecule has 0 amide bonds. The average Bonchev–Trinajstić information content (AvgIpc) is 2.97. The Morgan fingerprint density at radius 2 is 1.90 bits per heavy atom. The highest BCUT2D eigenvalue weighted by Crippen LogP contribution is 2.29.